The summed E-state index contributed by atoms with van der Waals surface area (Å²) in [5.74, 6) is 4.10. The van der Waals surface area contributed by atoms with Gasteiger partial charge in [0, 0.05) is 0 Å². The van der Waals surface area contributed by atoms with Crippen LogP contribution in [0.1, 0.15) is 27.7 Å². The van der Waals surface area contributed by atoms with Crippen LogP contribution in [-0.4, -0.2) is 0 Å². The molecule has 0 aromatic carbocycles. The van der Waals surface area contributed by atoms with Gasteiger partial charge in [0.05, 0.1) is 0 Å². The maximum Gasteiger partial charge on any atom is -0.0286 e. The Morgan fingerprint density at radius 3 is 1.45 bits per heavy atom. The highest BCUT2D eigenvalue weighted by Gasteiger charge is 2.79. The lowest BCUT2D eigenvalue weighted by Crippen LogP contribution is -1.97. The predicted octanol–water partition coefficient (Wildman–Crippen LogP) is 2.75. The van der Waals surface area contributed by atoms with Crippen LogP contribution in [0, 0.1) is 40.9 Å². The molecule has 3 rings (SSSR count). The van der Waals surface area contributed by atoms with Gasteiger partial charge < -0.3 is 0 Å². The van der Waals surface area contributed by atoms with Crippen LogP contribution >= 0.6 is 0 Å². The summed E-state index contributed by atoms with van der Waals surface area (Å²) < 4.78 is 0. The molecule has 3 aliphatic carbocycles. The number of hydrogen-bond donors (Lipinski definition) is 0. The van der Waals surface area contributed by atoms with Crippen molar-refractivity contribution in [1.29, 1.82) is 0 Å². The van der Waals surface area contributed by atoms with Gasteiger partial charge >= 0.3 is 0 Å². The topological polar surface area (TPSA) is 0 Å². The van der Waals surface area contributed by atoms with E-state index < -0.39 is 0 Å². The smallest absolute Gasteiger partial charge is 0.0286 e. The monoisotopic (exact) mass is 149 g/mol. The molecule has 0 aromatic heterocycles. The van der Waals surface area contributed by atoms with Crippen molar-refractivity contribution in [2.75, 3.05) is 0 Å². The molecule has 0 N–H and O–H groups in total. The second-order valence-electron chi connectivity index (χ2n) is 5.94. The van der Waals surface area contributed by atoms with E-state index in [0.29, 0.717) is 10.8 Å². The lowest BCUT2D eigenvalue weighted by atomic mass is 10.0. The average molecular weight is 149 g/mol. The van der Waals surface area contributed by atoms with E-state index in [9.17, 15) is 0 Å². The molecule has 0 aromatic rings. The van der Waals surface area contributed by atoms with Gasteiger partial charge in [-0.25, -0.2) is 0 Å². The number of fused-ring (bicyclic) bond motifs is 3. The number of hydrogen-bond acceptors (Lipinski definition) is 0. The van der Waals surface area contributed by atoms with Crippen LogP contribution in [-0.2, 0) is 0 Å². The van der Waals surface area contributed by atoms with E-state index in [-0.39, 0.29) is 0 Å². The molecule has 0 amide bonds. The Morgan fingerprint density at radius 1 is 0.818 bits per heavy atom. The van der Waals surface area contributed by atoms with Crippen molar-refractivity contribution in [3.05, 3.63) is 6.42 Å². The molecule has 3 aliphatic rings. The Morgan fingerprint density at radius 2 is 1.18 bits per heavy atom. The molecule has 0 heterocycles. The van der Waals surface area contributed by atoms with Gasteiger partial charge in [-0.1, -0.05) is 27.7 Å². The van der Waals surface area contributed by atoms with Crippen LogP contribution in [0.2, 0.25) is 0 Å². The minimum Gasteiger partial charge on any atom is -0.0593 e. The Balaban J connectivity index is 1.90. The van der Waals surface area contributed by atoms with Crippen molar-refractivity contribution < 1.29 is 0 Å². The van der Waals surface area contributed by atoms with E-state index in [4.69, 9.17) is 0 Å². The van der Waals surface area contributed by atoms with Crippen LogP contribution in [0.5, 0.6) is 0 Å². The van der Waals surface area contributed by atoms with E-state index in [1.807, 2.05) is 0 Å². The molecule has 0 bridgehead atoms. The van der Waals surface area contributed by atoms with E-state index in [1.165, 1.54) is 0 Å². The summed E-state index contributed by atoms with van der Waals surface area (Å²) in [4.78, 5) is 0. The van der Waals surface area contributed by atoms with Crippen molar-refractivity contribution in [2.45, 2.75) is 27.7 Å². The minimum atomic E-state index is 0.676. The molecule has 0 spiro atoms. The summed E-state index contributed by atoms with van der Waals surface area (Å²) in [5, 5.41) is 0. The largest absolute Gasteiger partial charge is 0.0593 e. The van der Waals surface area contributed by atoms with E-state index in [2.05, 4.69) is 34.1 Å². The molecule has 3 fully saturated rings. The molecule has 61 valence electrons. The maximum atomic E-state index is 2.65. The summed E-state index contributed by atoms with van der Waals surface area (Å²) in [6, 6.07) is 0. The zero-order valence-electron chi connectivity index (χ0n) is 7.89. The van der Waals surface area contributed by atoms with Crippen LogP contribution < -0.4 is 0 Å². The Labute approximate surface area is 69.4 Å². The summed E-state index contributed by atoms with van der Waals surface area (Å²) >= 11 is 0. The third-order valence-corrected chi connectivity index (χ3v) is 4.79. The van der Waals surface area contributed by atoms with Crippen LogP contribution in [0.25, 0.3) is 0 Å². The molecule has 1 radical (unpaired) electrons. The molecule has 4 unspecified atom stereocenters. The molecule has 4 atom stereocenters. The van der Waals surface area contributed by atoms with Gasteiger partial charge in [0.25, 0.3) is 0 Å². The van der Waals surface area contributed by atoms with Gasteiger partial charge in [-0.2, -0.15) is 0 Å². The van der Waals surface area contributed by atoms with Gasteiger partial charge in [-0.3, -0.25) is 0 Å². The third kappa shape index (κ3) is 0.494. The van der Waals surface area contributed by atoms with Crippen molar-refractivity contribution in [3.8, 4) is 0 Å². The molecule has 0 saturated heterocycles. The van der Waals surface area contributed by atoms with Crippen molar-refractivity contribution in [2.24, 2.45) is 34.5 Å². The van der Waals surface area contributed by atoms with Crippen molar-refractivity contribution in [3.63, 3.8) is 0 Å². The van der Waals surface area contributed by atoms with E-state index in [0.717, 1.165) is 23.7 Å². The maximum absolute atomic E-state index is 2.65. The first-order valence-corrected chi connectivity index (χ1v) is 4.82. The van der Waals surface area contributed by atoms with E-state index >= 15 is 0 Å². The normalized spacial score (nSPS) is 60.0. The van der Waals surface area contributed by atoms with Crippen molar-refractivity contribution >= 4 is 0 Å². The zero-order valence-corrected chi connectivity index (χ0v) is 7.89. The van der Waals surface area contributed by atoms with Gasteiger partial charge in [0.2, 0.25) is 0 Å². The molecule has 3 saturated carbocycles. The Kier molecular flexibility index (Phi) is 0.767. The first-order valence-electron chi connectivity index (χ1n) is 4.82. The summed E-state index contributed by atoms with van der Waals surface area (Å²) in [7, 11) is 0. The first-order chi connectivity index (χ1) is 4.97. The Hall–Kier alpha value is 0. The predicted molar refractivity (Wildman–Crippen MR) is 45.8 cm³/mol. The summed E-state index contributed by atoms with van der Waals surface area (Å²) in [6.45, 7) is 9.74. The van der Waals surface area contributed by atoms with Gasteiger partial charge in [-0.15, -0.1) is 0 Å². The van der Waals surface area contributed by atoms with Crippen LogP contribution in [0.4, 0.5) is 0 Å². The fourth-order valence-corrected chi connectivity index (χ4v) is 3.77. The molecule has 0 heteroatoms. The molecular formula is C11H17. The lowest BCUT2D eigenvalue weighted by Gasteiger charge is -2.03. The second-order valence-corrected chi connectivity index (χ2v) is 5.94. The van der Waals surface area contributed by atoms with Crippen LogP contribution in [0.3, 0.4) is 0 Å². The molecule has 11 heavy (non-hydrogen) atoms. The van der Waals surface area contributed by atoms with Gasteiger partial charge in [0.15, 0.2) is 0 Å². The molecule has 0 nitrogen and oxygen atoms in total. The van der Waals surface area contributed by atoms with Gasteiger partial charge in [0.1, 0.15) is 0 Å². The third-order valence-electron chi connectivity index (χ3n) is 4.79. The summed E-state index contributed by atoms with van der Waals surface area (Å²) in [6.07, 6.45) is 2.65. The van der Waals surface area contributed by atoms with Crippen LogP contribution in [0.15, 0.2) is 0 Å². The SMILES string of the molecule is CC1(C)C2[CH]C3C(C21)C3(C)C. The van der Waals surface area contributed by atoms with Gasteiger partial charge in [-0.05, 0) is 40.9 Å². The molecule has 0 aliphatic heterocycles. The van der Waals surface area contributed by atoms with Crippen molar-refractivity contribution in [1.82, 2.24) is 0 Å². The summed E-state index contributed by atoms with van der Waals surface area (Å²) in [5.41, 5.74) is 1.35. The fourth-order valence-electron chi connectivity index (χ4n) is 3.77. The second kappa shape index (κ2) is 1.30. The quantitative estimate of drug-likeness (QED) is 0.497. The lowest BCUT2D eigenvalue weighted by molar-refractivity contribution is 0.448. The average Bonchev–Trinajstić information content (AvgIpc) is 2.57. The first kappa shape index (κ1) is 6.51. The molecular weight excluding hydrogens is 132 g/mol. The van der Waals surface area contributed by atoms with E-state index in [1.54, 1.807) is 0 Å². The zero-order chi connectivity index (χ0) is 8.02. The number of rotatable bonds is 0. The fraction of sp³-hybridized carbons (Fsp3) is 0.909. The Bertz CT molecular complexity index is 200. The highest BCUT2D eigenvalue weighted by Crippen LogP contribution is 2.84. The highest BCUT2D eigenvalue weighted by molar-refractivity contribution is 5.33. The highest BCUT2D eigenvalue weighted by atomic mass is 14.8. The minimum absolute atomic E-state index is 0.676. The standard InChI is InChI=1S/C11H17/c1-10(2)6-5-7-9(8(6)10)11(7,3)4/h5-9H,1-4H3.